The van der Waals surface area contributed by atoms with Gasteiger partial charge in [0.05, 0.1) is 21.8 Å². The van der Waals surface area contributed by atoms with Crippen LogP contribution in [0.2, 0.25) is 10.0 Å². The van der Waals surface area contributed by atoms with Crippen LogP contribution in [0, 0.1) is 17.7 Å². The number of carboxylic acids is 1. The molecule has 1 aromatic heterocycles. The molecule has 0 spiro atoms. The second-order valence-corrected chi connectivity index (χ2v) is 9.15. The lowest BCUT2D eigenvalue weighted by Crippen LogP contribution is -2.28. The smallest absolute Gasteiger partial charge is 0.327 e. The molecule has 164 valence electrons. The first-order valence-electron chi connectivity index (χ1n) is 9.34. The summed E-state index contributed by atoms with van der Waals surface area (Å²) in [4.78, 5) is 19.8. The predicted octanol–water partition coefficient (Wildman–Crippen LogP) is 3.32. The largest absolute Gasteiger partial charge is 0.480 e. The highest BCUT2D eigenvalue weighted by Crippen LogP contribution is 2.40. The number of carboxylic acid groups (broad SMARTS) is 1. The van der Waals surface area contributed by atoms with Crippen LogP contribution in [0.1, 0.15) is 4.88 Å². The van der Waals surface area contributed by atoms with Crippen molar-refractivity contribution >= 4 is 57.2 Å². The number of nitrogens with zero attached hydrogens (tertiary/aromatic N) is 6. The molecule has 31 heavy (non-hydrogen) atoms. The first-order valence-corrected chi connectivity index (χ1v) is 10.9. The van der Waals surface area contributed by atoms with Gasteiger partial charge in [-0.1, -0.05) is 34.5 Å². The third-order valence-corrected chi connectivity index (χ3v) is 6.91. The zero-order valence-corrected chi connectivity index (χ0v) is 18.4. The zero-order chi connectivity index (χ0) is 22.1. The van der Waals surface area contributed by atoms with Gasteiger partial charge in [0.15, 0.2) is 17.5 Å². The van der Waals surface area contributed by atoms with E-state index in [0.29, 0.717) is 27.4 Å². The van der Waals surface area contributed by atoms with E-state index in [1.54, 1.807) is 12.3 Å². The monoisotopic (exact) mass is 485 g/mol. The molecule has 2 atom stereocenters. The van der Waals surface area contributed by atoms with Crippen molar-refractivity contribution in [2.24, 2.45) is 33.0 Å². The van der Waals surface area contributed by atoms with Gasteiger partial charge >= 0.3 is 5.97 Å². The van der Waals surface area contributed by atoms with Gasteiger partial charge in [0.25, 0.3) is 0 Å². The minimum atomic E-state index is -1.10. The quantitative estimate of drug-likeness (QED) is 0.213. The minimum absolute atomic E-state index is 0.0982. The fraction of sp³-hybridized carbons (Fsp3) is 0.389. The molecule has 4 rings (SSSR count). The van der Waals surface area contributed by atoms with Crippen molar-refractivity contribution in [3.63, 3.8) is 0 Å². The Morgan fingerprint density at radius 2 is 1.94 bits per heavy atom. The average Bonchev–Trinajstić information content (AvgIpc) is 3.41. The molecule has 2 aliphatic heterocycles. The second kappa shape index (κ2) is 8.93. The Hall–Kier alpha value is -2.50. The molecule has 3 N–H and O–H groups in total. The molecule has 0 saturated carbocycles. The zero-order valence-electron chi connectivity index (χ0n) is 16.1. The summed E-state index contributed by atoms with van der Waals surface area (Å²) in [5.41, 5.74) is 6.51. The van der Waals surface area contributed by atoms with Crippen LogP contribution in [-0.4, -0.2) is 54.6 Å². The lowest BCUT2D eigenvalue weighted by atomic mass is 10.0. The van der Waals surface area contributed by atoms with Crippen LogP contribution in [0.25, 0.3) is 0 Å². The number of benzene rings is 1. The molecule has 0 radical (unpaired) electrons. The van der Waals surface area contributed by atoms with Crippen molar-refractivity contribution in [2.45, 2.75) is 0 Å². The van der Waals surface area contributed by atoms with E-state index >= 15 is 0 Å². The number of amidine groups is 1. The van der Waals surface area contributed by atoms with E-state index in [1.807, 2.05) is 0 Å². The van der Waals surface area contributed by atoms with Crippen molar-refractivity contribution in [3.05, 3.63) is 39.1 Å². The molecular formula is C18H18Cl2FN7O2S. The summed E-state index contributed by atoms with van der Waals surface area (Å²) in [5.74, 6) is -0.706. The topological polar surface area (TPSA) is 120 Å². The Balaban J connectivity index is 1.39. The summed E-state index contributed by atoms with van der Waals surface area (Å²) in [7, 11) is 0. The summed E-state index contributed by atoms with van der Waals surface area (Å²) in [6.07, 6.45) is 1.61. The average molecular weight is 486 g/mol. The van der Waals surface area contributed by atoms with E-state index in [1.165, 1.54) is 17.4 Å². The molecule has 13 heteroatoms. The van der Waals surface area contributed by atoms with E-state index in [2.05, 4.69) is 30.2 Å². The van der Waals surface area contributed by atoms with Crippen LogP contribution in [0.3, 0.4) is 0 Å². The van der Waals surface area contributed by atoms with Gasteiger partial charge in [-0.05, 0) is 17.4 Å². The van der Waals surface area contributed by atoms with Crippen molar-refractivity contribution in [2.75, 3.05) is 42.5 Å². The number of aromatic nitrogens is 1. The van der Waals surface area contributed by atoms with Crippen LogP contribution in [-0.2, 0) is 4.79 Å². The molecule has 9 nitrogen and oxygen atoms in total. The third kappa shape index (κ3) is 4.73. The number of hydrogen-bond donors (Lipinski definition) is 2. The summed E-state index contributed by atoms with van der Waals surface area (Å²) in [5, 5.41) is 20.3. The first-order chi connectivity index (χ1) is 14.8. The lowest BCUT2D eigenvalue weighted by Gasteiger charge is -2.24. The molecule has 2 aliphatic rings. The number of rotatable bonds is 6. The highest BCUT2D eigenvalue weighted by atomic mass is 35.5. The molecule has 0 bridgehead atoms. The Kier molecular flexibility index (Phi) is 6.26. The molecular weight excluding hydrogens is 468 g/mol. The van der Waals surface area contributed by atoms with E-state index in [-0.39, 0.29) is 10.9 Å². The Morgan fingerprint density at radius 1 is 1.26 bits per heavy atom. The maximum atomic E-state index is 14.0. The number of thiazole rings is 1. The van der Waals surface area contributed by atoms with Gasteiger partial charge < -0.3 is 20.6 Å². The van der Waals surface area contributed by atoms with Gasteiger partial charge in [-0.25, -0.2) is 9.37 Å². The van der Waals surface area contributed by atoms with Gasteiger partial charge in [-0.3, -0.25) is 4.79 Å². The van der Waals surface area contributed by atoms with Crippen molar-refractivity contribution in [1.82, 2.24) is 4.98 Å². The molecule has 2 fully saturated rings. The first kappa shape index (κ1) is 21.7. The van der Waals surface area contributed by atoms with Gasteiger partial charge in [-0.2, -0.15) is 5.11 Å². The van der Waals surface area contributed by atoms with Crippen molar-refractivity contribution < 1.29 is 14.3 Å². The maximum Gasteiger partial charge on any atom is 0.327 e. The molecule has 2 aromatic rings. The number of aliphatic carboxylic acids is 1. The fourth-order valence-corrected chi connectivity index (χ4v) is 5.13. The standard InChI is InChI=1S/C18H18Cl2FN7O2S/c19-11-1-12(21)16(20)13(2-11)27-5-9-7-28(8-10(9)6-27)18-23-3-14(31-18)17(22)25-26-24-4-15(29)30/h1-3,9-10H,4-8H2,(H,29,30)(H2,22,24,25). The Bertz CT molecular complexity index is 1050. The number of carbonyl (C=O) groups is 1. The van der Waals surface area contributed by atoms with E-state index in [9.17, 15) is 9.18 Å². The summed E-state index contributed by atoms with van der Waals surface area (Å²) < 4.78 is 14.0. The highest BCUT2D eigenvalue weighted by Gasteiger charge is 2.41. The number of halogens is 3. The fourth-order valence-electron chi connectivity index (χ4n) is 3.87. The molecule has 2 saturated heterocycles. The minimum Gasteiger partial charge on any atom is -0.480 e. The van der Waals surface area contributed by atoms with Crippen LogP contribution in [0.15, 0.2) is 33.8 Å². The van der Waals surface area contributed by atoms with Crippen molar-refractivity contribution in [1.29, 1.82) is 0 Å². The van der Waals surface area contributed by atoms with Gasteiger partial charge in [0.2, 0.25) is 0 Å². The van der Waals surface area contributed by atoms with Gasteiger partial charge in [0.1, 0.15) is 5.82 Å². The van der Waals surface area contributed by atoms with E-state index < -0.39 is 18.3 Å². The Labute approximate surface area is 191 Å². The van der Waals surface area contributed by atoms with Crippen LogP contribution < -0.4 is 15.5 Å². The van der Waals surface area contributed by atoms with Crippen LogP contribution >= 0.6 is 34.5 Å². The maximum absolute atomic E-state index is 14.0. The molecule has 2 unspecified atom stereocenters. The third-order valence-electron chi connectivity index (χ3n) is 5.24. The van der Waals surface area contributed by atoms with E-state index in [4.69, 9.17) is 34.0 Å². The summed E-state index contributed by atoms with van der Waals surface area (Å²) >= 11 is 13.6. The predicted molar refractivity (Wildman–Crippen MR) is 118 cm³/mol. The molecule has 0 amide bonds. The normalized spacial score (nSPS) is 21.3. The lowest BCUT2D eigenvalue weighted by molar-refractivity contribution is -0.135. The SMILES string of the molecule is N/C(=N\N=NCC(=O)O)c1cnc(N2CC3CN(c4cc(Cl)cc(F)c4Cl)CC3C2)s1. The van der Waals surface area contributed by atoms with Crippen LogP contribution in [0.4, 0.5) is 15.2 Å². The number of fused-ring (bicyclic) bond motifs is 1. The number of nitrogens with two attached hydrogens (primary N) is 1. The van der Waals surface area contributed by atoms with Gasteiger partial charge in [-0.15, -0.1) is 5.10 Å². The van der Waals surface area contributed by atoms with Gasteiger partial charge in [0, 0.05) is 43.0 Å². The molecule has 0 aliphatic carbocycles. The van der Waals surface area contributed by atoms with Crippen molar-refractivity contribution in [3.8, 4) is 0 Å². The number of hydrogen-bond acceptors (Lipinski definition) is 7. The van der Waals surface area contributed by atoms with E-state index in [0.717, 1.165) is 31.3 Å². The molecule has 3 heterocycles. The number of anilines is 2. The highest BCUT2D eigenvalue weighted by molar-refractivity contribution is 7.17. The van der Waals surface area contributed by atoms with Crippen LogP contribution in [0.5, 0.6) is 0 Å². The summed E-state index contributed by atoms with van der Waals surface area (Å²) in [6, 6.07) is 2.92. The molecule has 1 aromatic carbocycles. The summed E-state index contributed by atoms with van der Waals surface area (Å²) in [6.45, 7) is 2.67. The second-order valence-electron chi connectivity index (χ2n) is 7.33. The Morgan fingerprint density at radius 3 is 2.61 bits per heavy atom.